The largest absolute Gasteiger partial charge is 0.239 e. The van der Waals surface area contributed by atoms with E-state index in [4.69, 9.17) is 12.2 Å². The molecule has 0 fully saturated rings. The molecule has 0 saturated heterocycles. The number of halogens is 3. The van der Waals surface area contributed by atoms with Gasteiger partial charge in [-0.3, -0.25) is 0 Å². The number of thiocarbonyl (C=S) groups is 1. The Kier molecular flexibility index (Phi) is 6.80. The fraction of sp³-hybridized carbons (Fsp3) is 0.308. The molecule has 0 aliphatic rings. The van der Waals surface area contributed by atoms with E-state index < -0.39 is 11.5 Å². The molecule has 17 heavy (non-hydrogen) atoms. The summed E-state index contributed by atoms with van der Waals surface area (Å²) in [4.78, 5) is 0. The minimum atomic E-state index is -1.66. The molecule has 0 unspecified atom stereocenters. The van der Waals surface area contributed by atoms with Crippen molar-refractivity contribution in [1.82, 2.24) is 0 Å². The van der Waals surface area contributed by atoms with Crippen molar-refractivity contribution in [3.05, 3.63) is 35.1 Å². The molecule has 0 heterocycles. The van der Waals surface area contributed by atoms with Crippen molar-refractivity contribution in [1.29, 1.82) is 0 Å². The van der Waals surface area contributed by atoms with Crippen LogP contribution in [0.25, 0.3) is 0 Å². The molecule has 0 amide bonds. The maximum absolute atomic E-state index is 13.8. The van der Waals surface area contributed by atoms with Crippen LogP contribution >= 0.6 is 34.8 Å². The second-order valence-corrected chi connectivity index (χ2v) is 6.31. The minimum Gasteiger partial charge on any atom is -0.239 e. The van der Waals surface area contributed by atoms with Crippen LogP contribution in [0.3, 0.4) is 0 Å². The van der Waals surface area contributed by atoms with Gasteiger partial charge in [0.15, 0.2) is 0 Å². The lowest BCUT2D eigenvalue weighted by Crippen LogP contribution is -2.13. The Balaban J connectivity index is 0.00000121. The highest BCUT2D eigenvalue weighted by Gasteiger charge is 2.24. The molecule has 0 radical (unpaired) electrons. The van der Waals surface area contributed by atoms with Crippen LogP contribution in [-0.2, 0) is 12.1 Å². The molecule has 1 aromatic carbocycles. The number of rotatable bonds is 3. The summed E-state index contributed by atoms with van der Waals surface area (Å²) in [5.41, 5.74) is -1.11. The molecule has 0 saturated carbocycles. The van der Waals surface area contributed by atoms with Crippen molar-refractivity contribution in [3.8, 4) is 12.8 Å². The van der Waals surface area contributed by atoms with Crippen molar-refractivity contribution >= 4 is 37.7 Å². The smallest absolute Gasteiger partial charge is 0.133 e. The third-order valence-electron chi connectivity index (χ3n) is 2.05. The lowest BCUT2D eigenvalue weighted by molar-refractivity contribution is 0.213. The van der Waals surface area contributed by atoms with E-state index in [1.807, 2.05) is 22.6 Å². The Bertz CT molecular complexity index is 419. The molecule has 1 rings (SSSR count). The van der Waals surface area contributed by atoms with Crippen LogP contribution in [0, 0.1) is 18.7 Å². The van der Waals surface area contributed by atoms with Crippen molar-refractivity contribution in [2.24, 2.45) is 0 Å². The standard InChI is InChI=1S/C11H11F2IS.C2H2/c1-11(2,13)8-5-3-4-7(10(8)12)6-9(14)15;1-2/h3-5H,6H2,1-2H3;1-2H. The second kappa shape index (κ2) is 7.02. The Morgan fingerprint density at radius 1 is 1.41 bits per heavy atom. The number of benzene rings is 1. The first-order valence-electron chi connectivity index (χ1n) is 4.81. The van der Waals surface area contributed by atoms with Gasteiger partial charge in [-0.2, -0.15) is 0 Å². The lowest BCUT2D eigenvalue weighted by Gasteiger charge is -2.17. The monoisotopic (exact) mass is 366 g/mol. The van der Waals surface area contributed by atoms with Crippen LogP contribution in [0.4, 0.5) is 8.78 Å². The van der Waals surface area contributed by atoms with Crippen LogP contribution in [0.15, 0.2) is 18.2 Å². The average Bonchev–Trinajstić information content (AvgIpc) is 2.22. The predicted octanol–water partition coefficient (Wildman–Crippen LogP) is 4.58. The first-order chi connectivity index (χ1) is 7.82. The summed E-state index contributed by atoms with van der Waals surface area (Å²) in [7, 11) is 0. The average molecular weight is 366 g/mol. The van der Waals surface area contributed by atoms with Gasteiger partial charge in [-0.25, -0.2) is 8.78 Å². The molecule has 0 N–H and O–H groups in total. The quantitative estimate of drug-likeness (QED) is 0.327. The molecule has 1 aromatic rings. The molecule has 0 spiro atoms. The van der Waals surface area contributed by atoms with Gasteiger partial charge in [-0.15, -0.1) is 12.8 Å². The molecular formula is C13H13F2IS. The van der Waals surface area contributed by atoms with Crippen molar-refractivity contribution in [3.63, 3.8) is 0 Å². The van der Waals surface area contributed by atoms with E-state index in [2.05, 4.69) is 12.8 Å². The summed E-state index contributed by atoms with van der Waals surface area (Å²) in [6.07, 6.45) is 8.37. The summed E-state index contributed by atoms with van der Waals surface area (Å²) in [6, 6.07) is 4.76. The maximum atomic E-state index is 13.8. The molecule has 0 bridgehead atoms. The predicted molar refractivity (Wildman–Crippen MR) is 80.7 cm³/mol. The van der Waals surface area contributed by atoms with Gasteiger partial charge in [-0.05, 0) is 42.0 Å². The normalized spacial score (nSPS) is 10.3. The first-order valence-corrected chi connectivity index (χ1v) is 6.29. The third-order valence-corrected chi connectivity index (χ3v) is 2.57. The molecule has 0 nitrogen and oxygen atoms in total. The summed E-state index contributed by atoms with van der Waals surface area (Å²) in [5, 5.41) is 0. The molecule has 0 aliphatic heterocycles. The van der Waals surface area contributed by atoms with E-state index in [0.717, 1.165) is 0 Å². The highest BCUT2D eigenvalue weighted by molar-refractivity contribution is 14.1. The molecule has 0 atom stereocenters. The first kappa shape index (κ1) is 16.5. The summed E-state index contributed by atoms with van der Waals surface area (Å²) in [6.45, 7) is 2.69. The molecular weight excluding hydrogens is 353 g/mol. The van der Waals surface area contributed by atoms with Crippen LogP contribution in [0.2, 0.25) is 0 Å². The Morgan fingerprint density at radius 2 is 1.94 bits per heavy atom. The zero-order valence-electron chi connectivity index (χ0n) is 9.64. The van der Waals surface area contributed by atoms with Crippen LogP contribution in [0.5, 0.6) is 0 Å². The summed E-state index contributed by atoms with van der Waals surface area (Å²) < 4.78 is 28.1. The van der Waals surface area contributed by atoms with Crippen molar-refractivity contribution in [2.75, 3.05) is 0 Å². The minimum absolute atomic E-state index is 0.0904. The van der Waals surface area contributed by atoms with E-state index in [9.17, 15) is 8.78 Å². The SMILES string of the molecule is C#C.CC(C)(F)c1cccc(CC(=S)I)c1F. The van der Waals surface area contributed by atoms with Crippen LogP contribution < -0.4 is 0 Å². The number of hydrogen-bond acceptors (Lipinski definition) is 1. The van der Waals surface area contributed by atoms with E-state index in [1.54, 1.807) is 12.1 Å². The van der Waals surface area contributed by atoms with E-state index in [1.165, 1.54) is 19.9 Å². The van der Waals surface area contributed by atoms with Crippen LogP contribution in [-0.4, -0.2) is 2.87 Å². The van der Waals surface area contributed by atoms with Gasteiger partial charge < -0.3 is 0 Å². The zero-order valence-corrected chi connectivity index (χ0v) is 12.6. The Morgan fingerprint density at radius 3 is 2.35 bits per heavy atom. The van der Waals surface area contributed by atoms with Gasteiger partial charge in [0, 0.05) is 12.0 Å². The number of hydrogen-bond donors (Lipinski definition) is 0. The fourth-order valence-corrected chi connectivity index (χ4v) is 1.89. The van der Waals surface area contributed by atoms with E-state index in [-0.39, 0.29) is 5.56 Å². The molecule has 92 valence electrons. The molecule has 0 aromatic heterocycles. The van der Waals surface area contributed by atoms with Gasteiger partial charge in [0.2, 0.25) is 0 Å². The van der Waals surface area contributed by atoms with Crippen LogP contribution in [0.1, 0.15) is 25.0 Å². The Hall–Kier alpha value is -0.540. The van der Waals surface area contributed by atoms with Gasteiger partial charge in [0.05, 0.1) is 2.87 Å². The van der Waals surface area contributed by atoms with Gasteiger partial charge in [-0.1, -0.05) is 30.4 Å². The van der Waals surface area contributed by atoms with Gasteiger partial charge in [0.25, 0.3) is 0 Å². The van der Waals surface area contributed by atoms with Crippen molar-refractivity contribution in [2.45, 2.75) is 25.9 Å². The van der Waals surface area contributed by atoms with Gasteiger partial charge in [0.1, 0.15) is 11.5 Å². The van der Waals surface area contributed by atoms with Crippen molar-refractivity contribution < 1.29 is 8.78 Å². The topological polar surface area (TPSA) is 0 Å². The summed E-state index contributed by atoms with van der Waals surface area (Å²) in [5.74, 6) is -0.482. The van der Waals surface area contributed by atoms with Gasteiger partial charge >= 0.3 is 0 Å². The maximum Gasteiger partial charge on any atom is 0.133 e. The number of alkyl halides is 1. The molecule has 4 heteroatoms. The fourth-order valence-electron chi connectivity index (χ4n) is 1.33. The third kappa shape index (κ3) is 5.09. The second-order valence-electron chi connectivity index (χ2n) is 3.78. The zero-order chi connectivity index (χ0) is 13.6. The highest BCUT2D eigenvalue weighted by Crippen LogP contribution is 2.28. The van der Waals surface area contributed by atoms with E-state index in [0.29, 0.717) is 14.9 Å². The number of terminal acetylenes is 1. The Labute approximate surface area is 120 Å². The molecule has 0 aliphatic carbocycles. The summed E-state index contributed by atoms with van der Waals surface area (Å²) >= 11 is 6.87. The highest BCUT2D eigenvalue weighted by atomic mass is 127. The van der Waals surface area contributed by atoms with E-state index >= 15 is 0 Å². The lowest BCUT2D eigenvalue weighted by atomic mass is 9.96.